The Kier molecular flexibility index (Phi) is 5.06. The molecule has 6 heteroatoms. The zero-order valence-corrected chi connectivity index (χ0v) is 14.9. The van der Waals surface area contributed by atoms with Crippen LogP contribution >= 0.6 is 0 Å². The fourth-order valence-electron chi connectivity index (χ4n) is 3.32. The number of hydrogen-bond donors (Lipinski definition) is 1. The fourth-order valence-corrected chi connectivity index (χ4v) is 3.32. The Labute approximate surface area is 147 Å². The second-order valence-electron chi connectivity index (χ2n) is 6.71. The molecule has 2 aromatic rings. The van der Waals surface area contributed by atoms with Gasteiger partial charge in [-0.2, -0.15) is 0 Å². The molecule has 2 amide bonds. The number of carbonyl (C=O) groups is 1. The number of nitrogens with one attached hydrogen (secondary N) is 1. The van der Waals surface area contributed by atoms with Gasteiger partial charge in [0.05, 0.1) is 18.3 Å². The van der Waals surface area contributed by atoms with E-state index in [-0.39, 0.29) is 30.5 Å². The van der Waals surface area contributed by atoms with E-state index in [9.17, 15) is 9.18 Å². The summed E-state index contributed by atoms with van der Waals surface area (Å²) in [7, 11) is 0. The van der Waals surface area contributed by atoms with Crippen LogP contribution in [0.2, 0.25) is 0 Å². The number of hydrogen-bond acceptors (Lipinski definition) is 3. The van der Waals surface area contributed by atoms with Gasteiger partial charge >= 0.3 is 6.03 Å². The molecule has 1 aliphatic rings. The fraction of sp³-hybridized carbons (Fsp3) is 0.474. The van der Waals surface area contributed by atoms with Crippen LogP contribution in [-0.4, -0.2) is 22.1 Å². The largest absolute Gasteiger partial charge is 0.361 e. The summed E-state index contributed by atoms with van der Waals surface area (Å²) in [5.41, 5.74) is 2.21. The maximum Gasteiger partial charge on any atom is 0.318 e. The number of amides is 2. The zero-order chi connectivity index (χ0) is 18.0. The molecule has 0 bridgehead atoms. The van der Waals surface area contributed by atoms with Gasteiger partial charge in [-0.15, -0.1) is 0 Å². The molecule has 25 heavy (non-hydrogen) atoms. The van der Waals surface area contributed by atoms with Gasteiger partial charge in [-0.3, -0.25) is 0 Å². The highest BCUT2D eigenvalue weighted by molar-refractivity contribution is 5.75. The molecule has 1 fully saturated rings. The van der Waals surface area contributed by atoms with E-state index in [4.69, 9.17) is 4.52 Å². The first-order chi connectivity index (χ1) is 12.0. The molecule has 134 valence electrons. The molecule has 0 radical (unpaired) electrons. The lowest BCUT2D eigenvalue weighted by Gasteiger charge is -2.38. The second-order valence-corrected chi connectivity index (χ2v) is 6.71. The Morgan fingerprint density at radius 3 is 2.68 bits per heavy atom. The third-order valence-corrected chi connectivity index (χ3v) is 4.94. The highest BCUT2D eigenvalue weighted by Gasteiger charge is 2.30. The van der Waals surface area contributed by atoms with E-state index in [2.05, 4.69) is 10.5 Å². The van der Waals surface area contributed by atoms with Crippen molar-refractivity contribution in [3.63, 3.8) is 0 Å². The predicted molar refractivity (Wildman–Crippen MR) is 92.5 cm³/mol. The molecule has 1 heterocycles. The van der Waals surface area contributed by atoms with Crippen molar-refractivity contribution >= 4 is 6.03 Å². The molecule has 0 spiro atoms. The molecule has 1 aromatic carbocycles. The summed E-state index contributed by atoms with van der Waals surface area (Å²) >= 11 is 0. The van der Waals surface area contributed by atoms with Crippen LogP contribution in [0, 0.1) is 19.7 Å². The zero-order valence-electron chi connectivity index (χ0n) is 14.9. The van der Waals surface area contributed by atoms with E-state index >= 15 is 0 Å². The molecule has 5 nitrogen and oxygen atoms in total. The van der Waals surface area contributed by atoms with Crippen molar-refractivity contribution in [2.75, 3.05) is 0 Å². The summed E-state index contributed by atoms with van der Waals surface area (Å²) in [5, 5.41) is 6.96. The van der Waals surface area contributed by atoms with E-state index in [1.165, 1.54) is 6.07 Å². The molecule has 1 aromatic heterocycles. The summed E-state index contributed by atoms with van der Waals surface area (Å²) in [4.78, 5) is 14.6. The first-order valence-electron chi connectivity index (χ1n) is 8.70. The van der Waals surface area contributed by atoms with E-state index in [1.807, 2.05) is 20.8 Å². The van der Waals surface area contributed by atoms with Crippen molar-refractivity contribution in [1.29, 1.82) is 0 Å². The third-order valence-electron chi connectivity index (χ3n) is 4.94. The van der Waals surface area contributed by atoms with Crippen LogP contribution in [0.3, 0.4) is 0 Å². The minimum Gasteiger partial charge on any atom is -0.361 e. The Morgan fingerprint density at radius 1 is 1.40 bits per heavy atom. The van der Waals surface area contributed by atoms with Crippen molar-refractivity contribution < 1.29 is 13.7 Å². The van der Waals surface area contributed by atoms with Crippen LogP contribution in [0.25, 0.3) is 0 Å². The number of benzene rings is 1. The number of aromatic nitrogens is 1. The van der Waals surface area contributed by atoms with Crippen LogP contribution in [0.15, 0.2) is 28.8 Å². The minimum atomic E-state index is -0.279. The van der Waals surface area contributed by atoms with Gasteiger partial charge in [-0.1, -0.05) is 23.4 Å². The van der Waals surface area contributed by atoms with Gasteiger partial charge in [0.25, 0.3) is 0 Å². The standard InChI is InChI=1S/C19H24FN3O2/c1-12(18-13(2)22-25-14(18)3)21-19(24)23(16-8-6-9-16)11-15-7-4-5-10-17(15)20/h4-5,7,10,12,16H,6,8-9,11H2,1-3H3,(H,21,24). The molecule has 0 saturated heterocycles. The van der Waals surface area contributed by atoms with Crippen LogP contribution in [0.4, 0.5) is 9.18 Å². The van der Waals surface area contributed by atoms with E-state index in [0.717, 1.165) is 30.5 Å². The van der Waals surface area contributed by atoms with Gasteiger partial charge in [-0.05, 0) is 46.1 Å². The molecule has 1 N–H and O–H groups in total. The summed E-state index contributed by atoms with van der Waals surface area (Å²) in [6.07, 6.45) is 3.02. The first-order valence-corrected chi connectivity index (χ1v) is 8.70. The van der Waals surface area contributed by atoms with E-state index in [0.29, 0.717) is 11.3 Å². The van der Waals surface area contributed by atoms with Gasteiger partial charge in [-0.25, -0.2) is 9.18 Å². The van der Waals surface area contributed by atoms with Crippen molar-refractivity contribution in [2.45, 2.75) is 58.7 Å². The van der Waals surface area contributed by atoms with Gasteiger partial charge in [0.2, 0.25) is 0 Å². The smallest absolute Gasteiger partial charge is 0.318 e. The predicted octanol–water partition coefficient (Wildman–Crippen LogP) is 4.26. The van der Waals surface area contributed by atoms with Gasteiger partial charge in [0.1, 0.15) is 11.6 Å². The van der Waals surface area contributed by atoms with Gasteiger partial charge in [0.15, 0.2) is 0 Å². The number of carbonyl (C=O) groups excluding carboxylic acids is 1. The van der Waals surface area contributed by atoms with Gasteiger partial charge in [0, 0.05) is 17.2 Å². The highest BCUT2D eigenvalue weighted by Crippen LogP contribution is 2.28. The summed E-state index contributed by atoms with van der Waals surface area (Å²) < 4.78 is 19.2. The number of nitrogens with zero attached hydrogens (tertiary/aromatic N) is 2. The molecule has 1 saturated carbocycles. The van der Waals surface area contributed by atoms with Crippen molar-refractivity contribution in [2.24, 2.45) is 0 Å². The Balaban J connectivity index is 1.75. The van der Waals surface area contributed by atoms with Crippen LogP contribution in [-0.2, 0) is 6.54 Å². The Hall–Kier alpha value is -2.37. The van der Waals surface area contributed by atoms with E-state index < -0.39 is 0 Å². The molecule has 1 unspecified atom stereocenters. The molecular formula is C19H24FN3O2. The first kappa shape index (κ1) is 17.5. The monoisotopic (exact) mass is 345 g/mol. The van der Waals surface area contributed by atoms with Crippen LogP contribution < -0.4 is 5.32 Å². The van der Waals surface area contributed by atoms with Crippen LogP contribution in [0.1, 0.15) is 54.8 Å². The lowest BCUT2D eigenvalue weighted by Crippen LogP contribution is -2.49. The third kappa shape index (κ3) is 3.67. The van der Waals surface area contributed by atoms with Crippen molar-refractivity contribution in [3.8, 4) is 0 Å². The molecule has 3 rings (SSSR count). The summed E-state index contributed by atoms with van der Waals surface area (Å²) in [6.45, 7) is 5.88. The number of urea groups is 1. The minimum absolute atomic E-state index is 0.163. The molecule has 1 aliphatic carbocycles. The summed E-state index contributed by atoms with van der Waals surface area (Å²) in [6, 6.07) is 6.37. The van der Waals surface area contributed by atoms with E-state index in [1.54, 1.807) is 23.1 Å². The average Bonchev–Trinajstić information content (AvgIpc) is 2.85. The highest BCUT2D eigenvalue weighted by atomic mass is 19.1. The maximum absolute atomic E-state index is 14.0. The number of halogens is 1. The normalized spacial score (nSPS) is 15.5. The van der Waals surface area contributed by atoms with Crippen molar-refractivity contribution in [3.05, 3.63) is 52.7 Å². The topological polar surface area (TPSA) is 58.4 Å². The molecular weight excluding hydrogens is 321 g/mol. The maximum atomic E-state index is 14.0. The average molecular weight is 345 g/mol. The van der Waals surface area contributed by atoms with Gasteiger partial charge < -0.3 is 14.7 Å². The SMILES string of the molecule is Cc1noc(C)c1C(C)NC(=O)N(Cc1ccccc1F)C1CCC1. The Bertz CT molecular complexity index is 735. The quantitative estimate of drug-likeness (QED) is 0.881. The lowest BCUT2D eigenvalue weighted by molar-refractivity contribution is 0.130. The summed E-state index contributed by atoms with van der Waals surface area (Å²) in [5.74, 6) is 0.424. The lowest BCUT2D eigenvalue weighted by atomic mass is 9.91. The number of rotatable bonds is 5. The molecule has 0 aliphatic heterocycles. The molecule has 1 atom stereocenters. The second kappa shape index (κ2) is 7.25. The Morgan fingerprint density at radius 2 is 2.12 bits per heavy atom. The number of aryl methyl sites for hydroxylation is 2. The van der Waals surface area contributed by atoms with Crippen LogP contribution in [0.5, 0.6) is 0 Å². The van der Waals surface area contributed by atoms with Crippen molar-refractivity contribution in [1.82, 2.24) is 15.4 Å².